The molecule has 1 aliphatic heterocycles. The lowest BCUT2D eigenvalue weighted by Crippen LogP contribution is -2.44. The Bertz CT molecular complexity index is 515. The molecule has 1 atom stereocenters. The van der Waals surface area contributed by atoms with E-state index in [-0.39, 0.29) is 0 Å². The van der Waals surface area contributed by atoms with Gasteiger partial charge in [-0.15, -0.1) is 0 Å². The summed E-state index contributed by atoms with van der Waals surface area (Å²) in [5, 5.41) is 7.55. The van der Waals surface area contributed by atoms with E-state index in [1.54, 1.807) is 0 Å². The lowest BCUT2D eigenvalue weighted by Gasteiger charge is -2.31. The van der Waals surface area contributed by atoms with Gasteiger partial charge < -0.3 is 15.4 Å². The predicted octanol–water partition coefficient (Wildman–Crippen LogP) is 2.55. The zero-order valence-electron chi connectivity index (χ0n) is 15.4. The Kier molecular flexibility index (Phi) is 9.08. The van der Waals surface area contributed by atoms with Gasteiger partial charge in [0.2, 0.25) is 0 Å². The quantitative estimate of drug-likeness (QED) is 0.421. The Morgan fingerprint density at radius 2 is 1.96 bits per heavy atom. The lowest BCUT2D eigenvalue weighted by molar-refractivity contribution is 0.0220. The summed E-state index contributed by atoms with van der Waals surface area (Å²) in [4.78, 5) is 7.18. The molecule has 1 unspecified atom stereocenters. The van der Waals surface area contributed by atoms with Gasteiger partial charge in [-0.25, -0.2) is 0 Å². The highest BCUT2D eigenvalue weighted by atomic mass is 35.5. The normalized spacial score (nSPS) is 17.3. The van der Waals surface area contributed by atoms with Crippen LogP contribution in [0.3, 0.4) is 0 Å². The van der Waals surface area contributed by atoms with Crippen molar-refractivity contribution in [3.63, 3.8) is 0 Å². The van der Waals surface area contributed by atoms with Crippen molar-refractivity contribution in [2.75, 3.05) is 45.9 Å². The smallest absolute Gasteiger partial charge is 0.191 e. The highest BCUT2D eigenvalue weighted by Crippen LogP contribution is 2.10. The van der Waals surface area contributed by atoms with Crippen molar-refractivity contribution in [1.29, 1.82) is 0 Å². The number of guanidine groups is 1. The van der Waals surface area contributed by atoms with E-state index >= 15 is 0 Å². The number of rotatable bonds is 8. The maximum atomic E-state index is 5.92. The average Bonchev–Trinajstić information content (AvgIpc) is 2.65. The number of nitrogens with zero attached hydrogens (tertiary/aromatic N) is 2. The molecular formula is C19H31ClN4O. The second-order valence-corrected chi connectivity index (χ2v) is 6.81. The van der Waals surface area contributed by atoms with Gasteiger partial charge in [0.05, 0.1) is 19.8 Å². The van der Waals surface area contributed by atoms with Crippen LogP contribution in [0.25, 0.3) is 0 Å². The SMILES string of the molecule is CCNC(=NCC(C)N1CCOCC1)NCCCc1ccc(Cl)cc1. The first-order valence-electron chi connectivity index (χ1n) is 9.27. The van der Waals surface area contributed by atoms with E-state index in [4.69, 9.17) is 21.3 Å². The molecule has 0 bridgehead atoms. The number of benzene rings is 1. The molecule has 0 spiro atoms. The molecule has 5 nitrogen and oxygen atoms in total. The van der Waals surface area contributed by atoms with E-state index in [0.29, 0.717) is 6.04 Å². The first-order chi connectivity index (χ1) is 12.2. The van der Waals surface area contributed by atoms with Gasteiger partial charge in [-0.1, -0.05) is 23.7 Å². The third-order valence-corrected chi connectivity index (χ3v) is 4.63. The molecule has 6 heteroatoms. The van der Waals surface area contributed by atoms with Crippen molar-refractivity contribution in [3.8, 4) is 0 Å². The van der Waals surface area contributed by atoms with E-state index < -0.39 is 0 Å². The number of ether oxygens (including phenoxy) is 1. The fraction of sp³-hybridized carbons (Fsp3) is 0.632. The van der Waals surface area contributed by atoms with Crippen LogP contribution in [0.2, 0.25) is 5.02 Å². The summed E-state index contributed by atoms with van der Waals surface area (Å²) < 4.78 is 5.41. The van der Waals surface area contributed by atoms with Crippen molar-refractivity contribution in [2.45, 2.75) is 32.7 Å². The topological polar surface area (TPSA) is 48.9 Å². The fourth-order valence-corrected chi connectivity index (χ4v) is 2.98. The number of nitrogens with one attached hydrogen (secondary N) is 2. The number of aryl methyl sites for hydroxylation is 1. The van der Waals surface area contributed by atoms with Gasteiger partial charge in [-0.3, -0.25) is 9.89 Å². The van der Waals surface area contributed by atoms with Crippen molar-refractivity contribution in [3.05, 3.63) is 34.9 Å². The van der Waals surface area contributed by atoms with Gasteiger partial charge in [-0.2, -0.15) is 0 Å². The second-order valence-electron chi connectivity index (χ2n) is 6.37. The molecule has 2 N–H and O–H groups in total. The molecular weight excluding hydrogens is 336 g/mol. The van der Waals surface area contributed by atoms with Crippen LogP contribution in [0, 0.1) is 0 Å². The second kappa shape index (κ2) is 11.3. The van der Waals surface area contributed by atoms with E-state index in [2.05, 4.69) is 41.5 Å². The van der Waals surface area contributed by atoms with Gasteiger partial charge in [0.25, 0.3) is 0 Å². The zero-order valence-corrected chi connectivity index (χ0v) is 16.2. The zero-order chi connectivity index (χ0) is 17.9. The van der Waals surface area contributed by atoms with E-state index in [1.165, 1.54) is 5.56 Å². The van der Waals surface area contributed by atoms with Crippen LogP contribution >= 0.6 is 11.6 Å². The van der Waals surface area contributed by atoms with E-state index in [0.717, 1.165) is 69.8 Å². The summed E-state index contributed by atoms with van der Waals surface area (Å²) in [7, 11) is 0. The molecule has 1 fully saturated rings. The number of morpholine rings is 1. The fourth-order valence-electron chi connectivity index (χ4n) is 2.85. The lowest BCUT2D eigenvalue weighted by atomic mass is 10.1. The Hall–Kier alpha value is -1.30. The average molecular weight is 367 g/mol. The molecule has 1 heterocycles. The van der Waals surface area contributed by atoms with Crippen molar-refractivity contribution in [2.24, 2.45) is 4.99 Å². The first kappa shape index (κ1) is 20.0. The molecule has 0 aromatic heterocycles. The number of hydrogen-bond acceptors (Lipinski definition) is 3. The van der Waals surface area contributed by atoms with Crippen LogP contribution in [-0.4, -0.2) is 62.8 Å². The van der Waals surface area contributed by atoms with Gasteiger partial charge in [0.15, 0.2) is 5.96 Å². The molecule has 1 saturated heterocycles. The van der Waals surface area contributed by atoms with Crippen LogP contribution in [-0.2, 0) is 11.2 Å². The number of halogens is 1. The number of hydrogen-bond donors (Lipinski definition) is 2. The van der Waals surface area contributed by atoms with Crippen LogP contribution in [0.4, 0.5) is 0 Å². The molecule has 0 amide bonds. The Labute approximate surface area is 156 Å². The standard InChI is InChI=1S/C19H31ClN4O/c1-3-21-19(23-15-16(2)24-11-13-25-14-12-24)22-10-4-5-17-6-8-18(20)9-7-17/h6-9,16H,3-5,10-15H2,1-2H3,(H2,21,22,23). The van der Waals surface area contributed by atoms with Crippen LogP contribution in [0.1, 0.15) is 25.8 Å². The Balaban J connectivity index is 1.72. The summed E-state index contributed by atoms with van der Waals surface area (Å²) in [6.45, 7) is 10.6. The largest absolute Gasteiger partial charge is 0.379 e. The summed E-state index contributed by atoms with van der Waals surface area (Å²) in [5.41, 5.74) is 1.31. The minimum absolute atomic E-state index is 0.438. The van der Waals surface area contributed by atoms with E-state index in [1.807, 2.05) is 12.1 Å². The monoisotopic (exact) mass is 366 g/mol. The molecule has 1 aromatic carbocycles. The van der Waals surface area contributed by atoms with Crippen molar-refractivity contribution < 1.29 is 4.74 Å². The Morgan fingerprint density at radius 1 is 1.24 bits per heavy atom. The molecule has 1 aliphatic rings. The molecule has 2 rings (SSSR count). The minimum atomic E-state index is 0.438. The Morgan fingerprint density at radius 3 is 2.64 bits per heavy atom. The molecule has 0 aliphatic carbocycles. The summed E-state index contributed by atoms with van der Waals surface area (Å²) in [5.74, 6) is 0.902. The maximum absolute atomic E-state index is 5.92. The van der Waals surface area contributed by atoms with Crippen LogP contribution in [0.15, 0.2) is 29.3 Å². The third-order valence-electron chi connectivity index (χ3n) is 4.37. The summed E-state index contributed by atoms with van der Waals surface area (Å²) >= 11 is 5.92. The van der Waals surface area contributed by atoms with Crippen LogP contribution in [0.5, 0.6) is 0 Å². The highest BCUT2D eigenvalue weighted by Gasteiger charge is 2.16. The number of aliphatic imine (C=N–C) groups is 1. The first-order valence-corrected chi connectivity index (χ1v) is 9.65. The third kappa shape index (κ3) is 7.63. The van der Waals surface area contributed by atoms with Crippen molar-refractivity contribution in [1.82, 2.24) is 15.5 Å². The van der Waals surface area contributed by atoms with Crippen molar-refractivity contribution >= 4 is 17.6 Å². The van der Waals surface area contributed by atoms with Gasteiger partial charge >= 0.3 is 0 Å². The van der Waals surface area contributed by atoms with Gasteiger partial charge in [0, 0.05) is 37.2 Å². The van der Waals surface area contributed by atoms with Crippen LogP contribution < -0.4 is 10.6 Å². The predicted molar refractivity (Wildman–Crippen MR) is 106 cm³/mol. The maximum Gasteiger partial charge on any atom is 0.191 e. The molecule has 140 valence electrons. The molecule has 1 aromatic rings. The summed E-state index contributed by atoms with van der Waals surface area (Å²) in [6, 6.07) is 8.51. The van der Waals surface area contributed by atoms with Gasteiger partial charge in [-0.05, 0) is 44.4 Å². The van der Waals surface area contributed by atoms with Gasteiger partial charge in [0.1, 0.15) is 0 Å². The molecule has 25 heavy (non-hydrogen) atoms. The highest BCUT2D eigenvalue weighted by molar-refractivity contribution is 6.30. The minimum Gasteiger partial charge on any atom is -0.379 e. The molecule has 0 radical (unpaired) electrons. The molecule has 0 saturated carbocycles. The van der Waals surface area contributed by atoms with E-state index in [9.17, 15) is 0 Å². The summed E-state index contributed by atoms with van der Waals surface area (Å²) in [6.07, 6.45) is 2.10.